The SMILES string of the molecule is Br.C=CCN(CC=C)CCCC. The van der Waals surface area contributed by atoms with Crippen molar-refractivity contribution in [3.05, 3.63) is 25.3 Å². The summed E-state index contributed by atoms with van der Waals surface area (Å²) >= 11 is 0. The minimum atomic E-state index is 0. The molecule has 0 rings (SSSR count). The second kappa shape index (κ2) is 10.9. The molecule has 12 heavy (non-hydrogen) atoms. The Hall–Kier alpha value is -0.0800. The Balaban J connectivity index is 0. The second-order valence-electron chi connectivity index (χ2n) is 2.69. The summed E-state index contributed by atoms with van der Waals surface area (Å²) in [5.41, 5.74) is 0. The van der Waals surface area contributed by atoms with Crippen LogP contribution in [0.1, 0.15) is 19.8 Å². The summed E-state index contributed by atoms with van der Waals surface area (Å²) in [5, 5.41) is 0. The lowest BCUT2D eigenvalue weighted by molar-refractivity contribution is 0.329. The number of hydrogen-bond acceptors (Lipinski definition) is 1. The van der Waals surface area contributed by atoms with E-state index in [-0.39, 0.29) is 17.0 Å². The Morgan fingerprint density at radius 3 is 2.00 bits per heavy atom. The molecule has 0 saturated heterocycles. The van der Waals surface area contributed by atoms with Crippen LogP contribution in [0.5, 0.6) is 0 Å². The number of rotatable bonds is 7. The van der Waals surface area contributed by atoms with Crippen molar-refractivity contribution < 1.29 is 0 Å². The zero-order chi connectivity index (χ0) is 8.53. The van der Waals surface area contributed by atoms with Gasteiger partial charge in [-0.1, -0.05) is 25.5 Å². The van der Waals surface area contributed by atoms with Gasteiger partial charge in [0.1, 0.15) is 0 Å². The Labute approximate surface area is 86.9 Å². The van der Waals surface area contributed by atoms with Gasteiger partial charge in [-0.25, -0.2) is 0 Å². The molecule has 0 aliphatic rings. The van der Waals surface area contributed by atoms with Crippen molar-refractivity contribution in [2.45, 2.75) is 19.8 Å². The van der Waals surface area contributed by atoms with E-state index < -0.39 is 0 Å². The van der Waals surface area contributed by atoms with Crippen molar-refractivity contribution in [2.75, 3.05) is 19.6 Å². The Kier molecular flexibility index (Phi) is 13.1. The summed E-state index contributed by atoms with van der Waals surface area (Å²) in [4.78, 5) is 2.34. The van der Waals surface area contributed by atoms with E-state index >= 15 is 0 Å². The first-order valence-corrected chi connectivity index (χ1v) is 4.29. The van der Waals surface area contributed by atoms with E-state index in [1.54, 1.807) is 0 Å². The maximum absolute atomic E-state index is 3.71. The largest absolute Gasteiger partial charge is 0.296 e. The monoisotopic (exact) mass is 233 g/mol. The van der Waals surface area contributed by atoms with Gasteiger partial charge in [-0.3, -0.25) is 4.90 Å². The number of hydrogen-bond donors (Lipinski definition) is 0. The van der Waals surface area contributed by atoms with Gasteiger partial charge in [0.2, 0.25) is 0 Å². The smallest absolute Gasteiger partial charge is 0.0163 e. The lowest BCUT2D eigenvalue weighted by Crippen LogP contribution is -2.24. The molecule has 72 valence electrons. The molecule has 0 spiro atoms. The van der Waals surface area contributed by atoms with Crippen LogP contribution in [0.2, 0.25) is 0 Å². The molecule has 0 unspecified atom stereocenters. The third kappa shape index (κ3) is 8.02. The Bertz CT molecular complexity index is 102. The van der Waals surface area contributed by atoms with Crippen molar-refractivity contribution in [1.29, 1.82) is 0 Å². The second-order valence-corrected chi connectivity index (χ2v) is 2.69. The van der Waals surface area contributed by atoms with Gasteiger partial charge in [0.25, 0.3) is 0 Å². The van der Waals surface area contributed by atoms with Gasteiger partial charge in [-0.2, -0.15) is 0 Å². The summed E-state index contributed by atoms with van der Waals surface area (Å²) in [6, 6.07) is 0. The van der Waals surface area contributed by atoms with E-state index in [1.165, 1.54) is 12.8 Å². The first kappa shape index (κ1) is 14.4. The highest BCUT2D eigenvalue weighted by atomic mass is 79.9. The van der Waals surface area contributed by atoms with Crippen LogP contribution in [0.15, 0.2) is 25.3 Å². The van der Waals surface area contributed by atoms with Crippen LogP contribution in [-0.4, -0.2) is 24.5 Å². The lowest BCUT2D eigenvalue weighted by Gasteiger charge is -2.17. The van der Waals surface area contributed by atoms with E-state index in [1.807, 2.05) is 12.2 Å². The molecule has 0 aromatic carbocycles. The summed E-state index contributed by atoms with van der Waals surface area (Å²) in [6.45, 7) is 12.8. The lowest BCUT2D eigenvalue weighted by atomic mass is 10.3. The molecule has 0 amide bonds. The zero-order valence-electron chi connectivity index (χ0n) is 7.96. The van der Waals surface area contributed by atoms with Crippen molar-refractivity contribution in [2.24, 2.45) is 0 Å². The topological polar surface area (TPSA) is 3.24 Å². The highest BCUT2D eigenvalue weighted by Gasteiger charge is 1.97. The molecular weight excluding hydrogens is 214 g/mol. The van der Waals surface area contributed by atoms with Crippen LogP contribution in [-0.2, 0) is 0 Å². The predicted octanol–water partition coefficient (Wildman–Crippen LogP) is 3.04. The average Bonchev–Trinajstić information content (AvgIpc) is 2.01. The Morgan fingerprint density at radius 1 is 1.17 bits per heavy atom. The predicted molar refractivity (Wildman–Crippen MR) is 62.1 cm³/mol. The number of unbranched alkanes of at least 4 members (excludes halogenated alkanes) is 1. The molecule has 0 fully saturated rings. The molecular formula is C10H20BrN. The maximum atomic E-state index is 3.71. The van der Waals surface area contributed by atoms with E-state index in [4.69, 9.17) is 0 Å². The van der Waals surface area contributed by atoms with Gasteiger partial charge in [0.05, 0.1) is 0 Å². The van der Waals surface area contributed by atoms with Gasteiger partial charge in [0, 0.05) is 13.1 Å². The molecule has 0 bridgehead atoms. The van der Waals surface area contributed by atoms with Crippen LogP contribution in [0.4, 0.5) is 0 Å². The van der Waals surface area contributed by atoms with E-state index in [9.17, 15) is 0 Å². The van der Waals surface area contributed by atoms with Crippen LogP contribution in [0, 0.1) is 0 Å². The van der Waals surface area contributed by atoms with Gasteiger partial charge in [-0.05, 0) is 13.0 Å². The third-order valence-corrected chi connectivity index (χ3v) is 1.60. The summed E-state index contributed by atoms with van der Waals surface area (Å²) < 4.78 is 0. The quantitative estimate of drug-likeness (QED) is 0.612. The zero-order valence-corrected chi connectivity index (χ0v) is 9.67. The minimum Gasteiger partial charge on any atom is -0.296 e. The van der Waals surface area contributed by atoms with E-state index in [0.29, 0.717) is 0 Å². The van der Waals surface area contributed by atoms with Crippen molar-refractivity contribution in [3.63, 3.8) is 0 Å². The normalized spacial score (nSPS) is 9.17. The van der Waals surface area contributed by atoms with Crippen molar-refractivity contribution in [3.8, 4) is 0 Å². The van der Waals surface area contributed by atoms with Crippen molar-refractivity contribution in [1.82, 2.24) is 4.90 Å². The molecule has 0 atom stereocenters. The number of halogens is 1. The highest BCUT2D eigenvalue weighted by Crippen LogP contribution is 1.94. The summed E-state index contributed by atoms with van der Waals surface area (Å²) in [5.74, 6) is 0. The van der Waals surface area contributed by atoms with Gasteiger partial charge >= 0.3 is 0 Å². The molecule has 0 aromatic heterocycles. The fourth-order valence-electron chi connectivity index (χ4n) is 1.00. The van der Waals surface area contributed by atoms with Crippen LogP contribution in [0.3, 0.4) is 0 Å². The van der Waals surface area contributed by atoms with E-state index in [0.717, 1.165) is 19.6 Å². The molecule has 0 N–H and O–H groups in total. The van der Waals surface area contributed by atoms with Crippen LogP contribution < -0.4 is 0 Å². The molecule has 0 heterocycles. The van der Waals surface area contributed by atoms with Gasteiger partial charge in [-0.15, -0.1) is 30.1 Å². The standard InChI is InChI=1S/C10H19N.BrH/c1-4-7-10-11(8-5-2)9-6-3;/h5-6H,2-4,7-10H2,1H3;1H. The van der Waals surface area contributed by atoms with Crippen LogP contribution in [0.25, 0.3) is 0 Å². The summed E-state index contributed by atoms with van der Waals surface area (Å²) in [6.07, 6.45) is 6.41. The van der Waals surface area contributed by atoms with Crippen molar-refractivity contribution >= 4 is 17.0 Å². The summed E-state index contributed by atoms with van der Waals surface area (Å²) in [7, 11) is 0. The van der Waals surface area contributed by atoms with Crippen LogP contribution >= 0.6 is 17.0 Å². The first-order valence-electron chi connectivity index (χ1n) is 4.29. The minimum absolute atomic E-state index is 0. The Morgan fingerprint density at radius 2 is 1.67 bits per heavy atom. The molecule has 0 aliphatic heterocycles. The molecule has 2 heteroatoms. The fraction of sp³-hybridized carbons (Fsp3) is 0.600. The molecule has 0 aromatic rings. The van der Waals surface area contributed by atoms with Gasteiger partial charge < -0.3 is 0 Å². The highest BCUT2D eigenvalue weighted by molar-refractivity contribution is 8.93. The number of nitrogens with zero attached hydrogens (tertiary/aromatic N) is 1. The molecule has 0 radical (unpaired) electrons. The fourth-order valence-corrected chi connectivity index (χ4v) is 1.00. The average molecular weight is 234 g/mol. The third-order valence-electron chi connectivity index (χ3n) is 1.60. The molecule has 0 aliphatic carbocycles. The first-order chi connectivity index (χ1) is 5.35. The van der Waals surface area contributed by atoms with Gasteiger partial charge in [0.15, 0.2) is 0 Å². The maximum Gasteiger partial charge on any atom is 0.0163 e. The molecule has 0 saturated carbocycles. The molecule has 1 nitrogen and oxygen atoms in total. The van der Waals surface area contributed by atoms with E-state index in [2.05, 4.69) is 25.0 Å².